The Hall–Kier alpha value is -2.83. The van der Waals surface area contributed by atoms with E-state index in [0.717, 1.165) is 0 Å². The zero-order valence-electron chi connectivity index (χ0n) is 15.6. The number of benzene rings is 1. The molecule has 1 aromatic heterocycles. The highest BCUT2D eigenvalue weighted by atomic mass is 19.1. The molecular weight excluding hydrogens is 351 g/mol. The molecule has 144 valence electrons. The lowest BCUT2D eigenvalue weighted by atomic mass is 9.90. The zero-order chi connectivity index (χ0) is 20.0. The van der Waals surface area contributed by atoms with E-state index in [1.54, 1.807) is 6.92 Å². The highest BCUT2D eigenvalue weighted by Crippen LogP contribution is 2.25. The van der Waals surface area contributed by atoms with Crippen molar-refractivity contribution in [2.24, 2.45) is 0 Å². The van der Waals surface area contributed by atoms with Crippen LogP contribution >= 0.6 is 0 Å². The topological polar surface area (TPSA) is 78.3 Å². The number of ether oxygens (including phenoxy) is 1. The molecule has 0 aliphatic rings. The normalized spacial score (nSPS) is 12.0. The van der Waals surface area contributed by atoms with Crippen molar-refractivity contribution in [3.63, 3.8) is 0 Å². The van der Waals surface area contributed by atoms with Crippen LogP contribution < -0.4 is 5.56 Å². The molecule has 0 fully saturated rings. The average molecular weight is 374 g/mol. The van der Waals surface area contributed by atoms with Crippen LogP contribution in [0.1, 0.15) is 61.6 Å². The van der Waals surface area contributed by atoms with Gasteiger partial charge in [0, 0.05) is 18.1 Å². The number of hydrogen-bond acceptors (Lipinski definition) is 5. The van der Waals surface area contributed by atoms with Gasteiger partial charge < -0.3 is 4.74 Å². The van der Waals surface area contributed by atoms with Gasteiger partial charge in [0.25, 0.3) is 5.56 Å². The van der Waals surface area contributed by atoms with Crippen molar-refractivity contribution >= 4 is 11.8 Å². The number of rotatable bonds is 8. The molecule has 0 amide bonds. The Morgan fingerprint density at radius 3 is 2.41 bits per heavy atom. The summed E-state index contributed by atoms with van der Waals surface area (Å²) in [4.78, 5) is 36.7. The third kappa shape index (κ3) is 5.32. The maximum Gasteiger partial charge on any atom is 0.305 e. The third-order valence-electron chi connectivity index (χ3n) is 4.08. The van der Waals surface area contributed by atoms with Crippen LogP contribution in [0.2, 0.25) is 0 Å². The second-order valence-corrected chi connectivity index (χ2v) is 6.40. The van der Waals surface area contributed by atoms with Crippen molar-refractivity contribution in [1.29, 1.82) is 0 Å². The molecule has 6 nitrogen and oxygen atoms in total. The number of nitrogens with zero attached hydrogens (tertiary/aromatic N) is 2. The number of aromatic nitrogens is 2. The van der Waals surface area contributed by atoms with Crippen LogP contribution in [0.15, 0.2) is 41.2 Å². The predicted octanol–water partition coefficient (Wildman–Crippen LogP) is 3.27. The van der Waals surface area contributed by atoms with E-state index in [-0.39, 0.29) is 36.8 Å². The number of halogens is 1. The van der Waals surface area contributed by atoms with Crippen LogP contribution in [-0.4, -0.2) is 28.1 Å². The second kappa shape index (κ2) is 9.21. The van der Waals surface area contributed by atoms with Crippen LogP contribution in [0.4, 0.5) is 4.39 Å². The molecule has 0 radical (unpaired) electrons. The Balaban J connectivity index is 2.38. The van der Waals surface area contributed by atoms with Crippen LogP contribution in [0.3, 0.4) is 0 Å². The molecule has 0 saturated carbocycles. The molecule has 0 saturated heterocycles. The molecule has 0 aliphatic heterocycles. The van der Waals surface area contributed by atoms with E-state index in [9.17, 15) is 18.8 Å². The summed E-state index contributed by atoms with van der Waals surface area (Å²) in [6.07, 6.45) is 0.215. The Kier molecular flexibility index (Phi) is 6.98. The molecule has 1 heterocycles. The summed E-state index contributed by atoms with van der Waals surface area (Å²) in [5, 5.41) is 4.32. The smallest absolute Gasteiger partial charge is 0.305 e. The van der Waals surface area contributed by atoms with Gasteiger partial charge in [-0.1, -0.05) is 0 Å². The van der Waals surface area contributed by atoms with Gasteiger partial charge in [0.05, 0.1) is 24.3 Å². The quantitative estimate of drug-likeness (QED) is 0.523. The van der Waals surface area contributed by atoms with Crippen LogP contribution in [0.5, 0.6) is 0 Å². The monoisotopic (exact) mass is 374 g/mol. The summed E-state index contributed by atoms with van der Waals surface area (Å²) in [5.41, 5.74) is 0.434. The SMILES string of the molecule is CCOC(=O)CCC(C(=O)c1ccc(F)cc1)c1ccc(=O)n(C(C)C)n1. The summed E-state index contributed by atoms with van der Waals surface area (Å²) in [6.45, 7) is 5.59. The highest BCUT2D eigenvalue weighted by Gasteiger charge is 2.25. The summed E-state index contributed by atoms with van der Waals surface area (Å²) < 4.78 is 19.4. The zero-order valence-corrected chi connectivity index (χ0v) is 15.6. The van der Waals surface area contributed by atoms with E-state index >= 15 is 0 Å². The number of carbonyl (C=O) groups excluding carboxylic acids is 2. The average Bonchev–Trinajstić information content (AvgIpc) is 2.63. The van der Waals surface area contributed by atoms with Crippen LogP contribution in [-0.2, 0) is 9.53 Å². The van der Waals surface area contributed by atoms with Gasteiger partial charge in [-0.25, -0.2) is 9.07 Å². The molecule has 0 bridgehead atoms. The van der Waals surface area contributed by atoms with Crippen molar-refractivity contribution in [3.8, 4) is 0 Å². The lowest BCUT2D eigenvalue weighted by molar-refractivity contribution is -0.143. The molecule has 0 spiro atoms. The van der Waals surface area contributed by atoms with Crippen molar-refractivity contribution in [1.82, 2.24) is 9.78 Å². The van der Waals surface area contributed by atoms with Gasteiger partial charge in [0.1, 0.15) is 5.82 Å². The summed E-state index contributed by atoms with van der Waals surface area (Å²) >= 11 is 0. The molecule has 1 aromatic carbocycles. The van der Waals surface area contributed by atoms with Crippen LogP contribution in [0.25, 0.3) is 0 Å². The number of Topliss-reactive ketones (excluding diaryl/α,β-unsaturated/α-hetero) is 1. The second-order valence-electron chi connectivity index (χ2n) is 6.40. The van der Waals surface area contributed by atoms with E-state index in [0.29, 0.717) is 11.3 Å². The Morgan fingerprint density at radius 2 is 1.81 bits per heavy atom. The number of carbonyl (C=O) groups is 2. The van der Waals surface area contributed by atoms with E-state index in [1.807, 2.05) is 13.8 Å². The van der Waals surface area contributed by atoms with E-state index < -0.39 is 17.7 Å². The first-order valence-corrected chi connectivity index (χ1v) is 8.88. The molecule has 1 unspecified atom stereocenters. The van der Waals surface area contributed by atoms with Gasteiger partial charge in [-0.15, -0.1) is 0 Å². The lowest BCUT2D eigenvalue weighted by Gasteiger charge is -2.17. The fraction of sp³-hybridized carbons (Fsp3) is 0.400. The largest absolute Gasteiger partial charge is 0.466 e. The number of hydrogen-bond donors (Lipinski definition) is 0. The van der Waals surface area contributed by atoms with Crippen molar-refractivity contribution in [2.75, 3.05) is 6.61 Å². The summed E-state index contributed by atoms with van der Waals surface area (Å²) in [5.74, 6) is -1.89. The minimum atomic E-state index is -0.745. The summed E-state index contributed by atoms with van der Waals surface area (Å²) in [6, 6.07) is 7.89. The van der Waals surface area contributed by atoms with Crippen LogP contribution in [0, 0.1) is 5.82 Å². The minimum Gasteiger partial charge on any atom is -0.466 e. The maximum absolute atomic E-state index is 13.2. The van der Waals surface area contributed by atoms with Gasteiger partial charge in [0.2, 0.25) is 0 Å². The highest BCUT2D eigenvalue weighted by molar-refractivity contribution is 6.00. The van der Waals surface area contributed by atoms with Gasteiger partial charge in [0.15, 0.2) is 5.78 Å². The maximum atomic E-state index is 13.2. The summed E-state index contributed by atoms with van der Waals surface area (Å²) in [7, 11) is 0. The molecule has 1 atom stereocenters. The van der Waals surface area contributed by atoms with Gasteiger partial charge >= 0.3 is 5.97 Å². The Bertz CT molecular complexity index is 859. The Morgan fingerprint density at radius 1 is 1.15 bits per heavy atom. The first-order valence-electron chi connectivity index (χ1n) is 8.88. The first kappa shape index (κ1) is 20.5. The molecule has 27 heavy (non-hydrogen) atoms. The fourth-order valence-corrected chi connectivity index (χ4v) is 2.72. The van der Waals surface area contributed by atoms with Crippen molar-refractivity contribution < 1.29 is 18.7 Å². The van der Waals surface area contributed by atoms with E-state index in [2.05, 4.69) is 5.10 Å². The fourth-order valence-electron chi connectivity index (χ4n) is 2.72. The molecule has 2 aromatic rings. The standard InChI is InChI=1S/C20H23FN2O4/c1-4-27-19(25)12-9-16(20(26)14-5-7-15(21)8-6-14)17-10-11-18(24)23(22-17)13(2)3/h5-8,10-11,13,16H,4,9,12H2,1-3H3. The van der Waals surface area contributed by atoms with Gasteiger partial charge in [-0.05, 0) is 57.5 Å². The van der Waals surface area contributed by atoms with Crippen molar-refractivity contribution in [2.45, 2.75) is 45.6 Å². The molecular formula is C20H23FN2O4. The van der Waals surface area contributed by atoms with Gasteiger partial charge in [-0.3, -0.25) is 14.4 Å². The van der Waals surface area contributed by atoms with E-state index in [4.69, 9.17) is 4.74 Å². The lowest BCUT2D eigenvalue weighted by Crippen LogP contribution is -2.27. The first-order chi connectivity index (χ1) is 12.8. The predicted molar refractivity (Wildman–Crippen MR) is 98.2 cm³/mol. The number of esters is 1. The minimum absolute atomic E-state index is 0.0356. The van der Waals surface area contributed by atoms with Crippen molar-refractivity contribution in [3.05, 3.63) is 63.8 Å². The molecule has 0 N–H and O–H groups in total. The number of ketones is 1. The van der Waals surface area contributed by atoms with E-state index in [1.165, 1.54) is 41.1 Å². The molecule has 0 aliphatic carbocycles. The molecule has 7 heteroatoms. The van der Waals surface area contributed by atoms with Gasteiger partial charge in [-0.2, -0.15) is 5.10 Å². The third-order valence-corrected chi connectivity index (χ3v) is 4.08. The molecule has 2 rings (SSSR count). The Labute approximate surface area is 157 Å².